The molecule has 5 heteroatoms. The van der Waals surface area contributed by atoms with Crippen molar-refractivity contribution in [3.05, 3.63) is 33.3 Å². The van der Waals surface area contributed by atoms with Gasteiger partial charge in [0, 0.05) is 29.7 Å². The number of carbonyl (C=O) groups excluding carboxylic acids is 1. The zero-order valence-electron chi connectivity index (χ0n) is 11.9. The second-order valence-electron chi connectivity index (χ2n) is 5.24. The van der Waals surface area contributed by atoms with Crippen LogP contribution < -0.4 is 0 Å². The van der Waals surface area contributed by atoms with Crippen molar-refractivity contribution in [1.29, 1.82) is 0 Å². The molecule has 0 saturated carbocycles. The molecule has 1 atom stereocenters. The Morgan fingerprint density at radius 2 is 2.30 bits per heavy atom. The van der Waals surface area contributed by atoms with Gasteiger partial charge in [-0.3, -0.25) is 9.69 Å². The molecule has 1 unspecified atom stereocenters. The van der Waals surface area contributed by atoms with Crippen LogP contribution in [0.2, 0.25) is 5.02 Å². The number of hydrogen-bond donors (Lipinski definition) is 0. The molecule has 0 spiro atoms. The fourth-order valence-corrected chi connectivity index (χ4v) is 3.19. The highest BCUT2D eigenvalue weighted by molar-refractivity contribution is 9.10. The third-order valence-electron chi connectivity index (χ3n) is 3.90. The Bertz CT molecular complexity index is 495. The topological polar surface area (TPSA) is 23.6 Å². The van der Waals surface area contributed by atoms with E-state index in [1.54, 1.807) is 17.0 Å². The van der Waals surface area contributed by atoms with Gasteiger partial charge in [-0.25, -0.2) is 0 Å². The third kappa shape index (κ3) is 3.54. The summed E-state index contributed by atoms with van der Waals surface area (Å²) in [4.78, 5) is 16.7. The predicted octanol–water partition coefficient (Wildman–Crippen LogP) is 3.66. The molecule has 1 saturated heterocycles. The van der Waals surface area contributed by atoms with Crippen LogP contribution in [0.3, 0.4) is 0 Å². The van der Waals surface area contributed by atoms with Crippen LogP contribution in [0.25, 0.3) is 0 Å². The fourth-order valence-electron chi connectivity index (χ4n) is 2.77. The third-order valence-corrected chi connectivity index (χ3v) is 5.14. The Morgan fingerprint density at radius 3 is 2.95 bits per heavy atom. The first-order valence-electron chi connectivity index (χ1n) is 6.97. The van der Waals surface area contributed by atoms with Gasteiger partial charge >= 0.3 is 0 Å². The van der Waals surface area contributed by atoms with Gasteiger partial charge in [0.2, 0.25) is 0 Å². The lowest BCUT2D eigenvalue weighted by Gasteiger charge is -2.27. The standard InChI is InChI=1S/C15H20BrClN2O/c1-3-19-8-4-5-12(19)10-18(2)15(20)11-6-7-13(16)14(17)9-11/h6-7,9,12H,3-5,8,10H2,1-2H3. The highest BCUT2D eigenvalue weighted by Crippen LogP contribution is 2.24. The van der Waals surface area contributed by atoms with E-state index in [9.17, 15) is 4.79 Å². The Labute approximate surface area is 134 Å². The molecule has 1 heterocycles. The van der Waals surface area contributed by atoms with Crippen molar-refractivity contribution in [1.82, 2.24) is 9.80 Å². The molecular weight excluding hydrogens is 340 g/mol. The average molecular weight is 360 g/mol. The van der Waals surface area contributed by atoms with Crippen LogP contribution >= 0.6 is 27.5 Å². The smallest absolute Gasteiger partial charge is 0.253 e. The highest BCUT2D eigenvalue weighted by Gasteiger charge is 2.25. The number of hydrogen-bond acceptors (Lipinski definition) is 2. The van der Waals surface area contributed by atoms with Gasteiger partial charge in [0.1, 0.15) is 0 Å². The first-order chi connectivity index (χ1) is 9.52. The van der Waals surface area contributed by atoms with Gasteiger partial charge < -0.3 is 4.90 Å². The molecule has 1 aliphatic rings. The summed E-state index contributed by atoms with van der Waals surface area (Å²) in [6, 6.07) is 5.83. The number of carbonyl (C=O) groups is 1. The molecule has 1 aliphatic heterocycles. The zero-order valence-corrected chi connectivity index (χ0v) is 14.2. The summed E-state index contributed by atoms with van der Waals surface area (Å²) in [5, 5.41) is 0.570. The van der Waals surface area contributed by atoms with E-state index in [0.717, 1.165) is 24.1 Å². The van der Waals surface area contributed by atoms with Crippen molar-refractivity contribution < 1.29 is 4.79 Å². The van der Waals surface area contributed by atoms with Crippen molar-refractivity contribution in [2.75, 3.05) is 26.7 Å². The van der Waals surface area contributed by atoms with Gasteiger partial charge in [-0.1, -0.05) is 18.5 Å². The second kappa shape index (κ2) is 6.92. The molecule has 0 bridgehead atoms. The molecule has 20 heavy (non-hydrogen) atoms. The van der Waals surface area contributed by atoms with Crippen LogP contribution in [0.4, 0.5) is 0 Å². The summed E-state index contributed by atoms with van der Waals surface area (Å²) >= 11 is 9.39. The molecule has 0 aliphatic carbocycles. The van der Waals surface area contributed by atoms with E-state index in [4.69, 9.17) is 11.6 Å². The molecule has 0 radical (unpaired) electrons. The maximum absolute atomic E-state index is 12.4. The number of benzene rings is 1. The highest BCUT2D eigenvalue weighted by atomic mass is 79.9. The molecule has 1 amide bonds. The molecule has 0 N–H and O–H groups in total. The lowest BCUT2D eigenvalue weighted by molar-refractivity contribution is 0.0754. The van der Waals surface area contributed by atoms with Crippen molar-refractivity contribution in [2.24, 2.45) is 0 Å². The van der Waals surface area contributed by atoms with Crippen molar-refractivity contribution in [2.45, 2.75) is 25.8 Å². The SMILES string of the molecule is CCN1CCCC1CN(C)C(=O)c1ccc(Br)c(Cl)c1. The first-order valence-corrected chi connectivity index (χ1v) is 8.14. The van der Waals surface area contributed by atoms with E-state index in [-0.39, 0.29) is 5.91 Å². The number of amides is 1. The van der Waals surface area contributed by atoms with Crippen molar-refractivity contribution in [3.8, 4) is 0 Å². The molecule has 1 aromatic carbocycles. The average Bonchev–Trinajstić information content (AvgIpc) is 2.88. The van der Waals surface area contributed by atoms with E-state index in [1.807, 2.05) is 13.1 Å². The molecule has 1 aromatic rings. The molecule has 0 aromatic heterocycles. The van der Waals surface area contributed by atoms with E-state index in [0.29, 0.717) is 16.6 Å². The number of halogens is 2. The number of rotatable bonds is 4. The minimum Gasteiger partial charge on any atom is -0.340 e. The summed E-state index contributed by atoms with van der Waals surface area (Å²) in [5.41, 5.74) is 0.641. The van der Waals surface area contributed by atoms with Gasteiger partial charge in [-0.15, -0.1) is 0 Å². The van der Waals surface area contributed by atoms with Gasteiger partial charge in [0.15, 0.2) is 0 Å². The first kappa shape index (κ1) is 15.8. The van der Waals surface area contributed by atoms with E-state index >= 15 is 0 Å². The van der Waals surface area contributed by atoms with Crippen LogP contribution in [0.1, 0.15) is 30.1 Å². The largest absolute Gasteiger partial charge is 0.340 e. The molecule has 3 nitrogen and oxygen atoms in total. The predicted molar refractivity (Wildman–Crippen MR) is 86.4 cm³/mol. The minimum absolute atomic E-state index is 0.0300. The van der Waals surface area contributed by atoms with Crippen LogP contribution in [-0.2, 0) is 0 Å². The van der Waals surface area contributed by atoms with Crippen molar-refractivity contribution in [3.63, 3.8) is 0 Å². The quantitative estimate of drug-likeness (QED) is 0.819. The number of nitrogens with zero attached hydrogens (tertiary/aromatic N) is 2. The molecular formula is C15H20BrClN2O. The lowest BCUT2D eigenvalue weighted by atomic mass is 10.1. The van der Waals surface area contributed by atoms with E-state index in [2.05, 4.69) is 27.8 Å². The summed E-state index contributed by atoms with van der Waals surface area (Å²) in [6.45, 7) is 5.15. The van der Waals surface area contributed by atoms with Gasteiger partial charge in [0.25, 0.3) is 5.91 Å². The lowest BCUT2D eigenvalue weighted by Crippen LogP contribution is -2.41. The summed E-state index contributed by atoms with van der Waals surface area (Å²) in [6.07, 6.45) is 2.40. The molecule has 2 rings (SSSR count). The summed E-state index contributed by atoms with van der Waals surface area (Å²) in [7, 11) is 1.87. The number of likely N-dealkylation sites (N-methyl/N-ethyl adjacent to an activating group) is 2. The second-order valence-corrected chi connectivity index (χ2v) is 6.50. The molecule has 1 fully saturated rings. The van der Waals surface area contributed by atoms with Crippen LogP contribution in [0.5, 0.6) is 0 Å². The van der Waals surface area contributed by atoms with E-state index < -0.39 is 0 Å². The maximum Gasteiger partial charge on any atom is 0.253 e. The maximum atomic E-state index is 12.4. The van der Waals surface area contributed by atoms with Gasteiger partial charge in [-0.05, 0) is 60.1 Å². The van der Waals surface area contributed by atoms with Crippen molar-refractivity contribution >= 4 is 33.4 Å². The van der Waals surface area contributed by atoms with Crippen LogP contribution in [0, 0.1) is 0 Å². The molecule has 110 valence electrons. The van der Waals surface area contributed by atoms with E-state index in [1.165, 1.54) is 12.8 Å². The minimum atomic E-state index is 0.0300. The zero-order chi connectivity index (χ0) is 14.7. The summed E-state index contributed by atoms with van der Waals surface area (Å²) in [5.74, 6) is 0.0300. The Kier molecular flexibility index (Phi) is 5.47. The van der Waals surface area contributed by atoms with Gasteiger partial charge in [-0.2, -0.15) is 0 Å². The monoisotopic (exact) mass is 358 g/mol. The Hall–Kier alpha value is -0.580. The summed E-state index contributed by atoms with van der Waals surface area (Å²) < 4.78 is 0.811. The van der Waals surface area contributed by atoms with Crippen LogP contribution in [-0.4, -0.2) is 48.4 Å². The Balaban J connectivity index is 2.03. The number of likely N-dealkylation sites (tertiary alicyclic amines) is 1. The normalized spacial score (nSPS) is 19.3. The van der Waals surface area contributed by atoms with Crippen LogP contribution in [0.15, 0.2) is 22.7 Å². The fraction of sp³-hybridized carbons (Fsp3) is 0.533. The van der Waals surface area contributed by atoms with Gasteiger partial charge in [0.05, 0.1) is 5.02 Å². The Morgan fingerprint density at radius 1 is 1.55 bits per heavy atom.